The van der Waals surface area contributed by atoms with Gasteiger partial charge < -0.3 is 9.47 Å². The summed E-state index contributed by atoms with van der Waals surface area (Å²) >= 11 is 6.16. The minimum atomic E-state index is -0.668. The Bertz CT molecular complexity index is 1160. The minimum absolute atomic E-state index is 0.0460. The number of rotatable bonds is 6. The summed E-state index contributed by atoms with van der Waals surface area (Å²) in [7, 11) is 1.48. The van der Waals surface area contributed by atoms with Gasteiger partial charge in [0.2, 0.25) is 0 Å². The lowest BCUT2D eigenvalue weighted by molar-refractivity contribution is 0.0843. The molecule has 0 atom stereocenters. The zero-order valence-corrected chi connectivity index (χ0v) is 19.1. The molecule has 0 unspecified atom stereocenters. The largest absolute Gasteiger partial charge is 0.493 e. The number of pyridine rings is 1. The third kappa shape index (κ3) is 5.17. The van der Waals surface area contributed by atoms with E-state index in [1.807, 2.05) is 33.8 Å². The fourth-order valence-electron chi connectivity index (χ4n) is 2.97. The van der Waals surface area contributed by atoms with Crippen molar-refractivity contribution in [3.05, 3.63) is 64.1 Å². The van der Waals surface area contributed by atoms with Crippen molar-refractivity contribution in [2.24, 2.45) is 0 Å². The van der Waals surface area contributed by atoms with Crippen LogP contribution in [0.4, 0.5) is 0 Å². The molecule has 168 valence electrons. The van der Waals surface area contributed by atoms with E-state index in [9.17, 15) is 9.59 Å². The second-order valence-electron chi connectivity index (χ2n) is 7.28. The van der Waals surface area contributed by atoms with Crippen LogP contribution in [0.15, 0.2) is 36.4 Å². The second kappa shape index (κ2) is 9.69. The number of carbonyl (C=O) groups excluding carboxylic acids is 2. The number of ether oxygens (including phenoxy) is 2. The van der Waals surface area contributed by atoms with Gasteiger partial charge in [-0.25, -0.2) is 9.67 Å². The van der Waals surface area contributed by atoms with Crippen LogP contribution < -0.4 is 20.3 Å². The Morgan fingerprint density at radius 2 is 1.75 bits per heavy atom. The summed E-state index contributed by atoms with van der Waals surface area (Å²) < 4.78 is 12.5. The average Bonchev–Trinajstić information content (AvgIpc) is 3.09. The summed E-state index contributed by atoms with van der Waals surface area (Å²) in [6.07, 6.45) is -0.0506. The van der Waals surface area contributed by atoms with Crippen LogP contribution in [0.2, 0.25) is 5.02 Å². The highest BCUT2D eigenvalue weighted by atomic mass is 35.5. The van der Waals surface area contributed by atoms with Crippen molar-refractivity contribution in [1.82, 2.24) is 25.6 Å². The summed E-state index contributed by atoms with van der Waals surface area (Å²) in [5, 5.41) is 4.49. The van der Waals surface area contributed by atoms with Gasteiger partial charge >= 0.3 is 0 Å². The molecule has 32 heavy (non-hydrogen) atoms. The number of hydrogen-bond donors (Lipinski definition) is 2. The molecule has 9 nitrogen and oxygen atoms in total. The van der Waals surface area contributed by atoms with Crippen molar-refractivity contribution in [1.29, 1.82) is 0 Å². The molecule has 2 aromatic heterocycles. The van der Waals surface area contributed by atoms with Gasteiger partial charge in [0.05, 0.1) is 23.9 Å². The highest BCUT2D eigenvalue weighted by Gasteiger charge is 2.17. The first kappa shape index (κ1) is 23.1. The van der Waals surface area contributed by atoms with E-state index >= 15 is 0 Å². The van der Waals surface area contributed by atoms with Gasteiger partial charge in [0, 0.05) is 11.3 Å². The van der Waals surface area contributed by atoms with Gasteiger partial charge in [0.15, 0.2) is 23.0 Å². The van der Waals surface area contributed by atoms with E-state index in [1.165, 1.54) is 13.2 Å². The minimum Gasteiger partial charge on any atom is -0.493 e. The first-order chi connectivity index (χ1) is 15.2. The number of halogens is 1. The number of aromatic nitrogens is 3. The molecule has 3 rings (SSSR count). The van der Waals surface area contributed by atoms with Gasteiger partial charge in [-0.2, -0.15) is 5.10 Å². The molecule has 0 aliphatic carbocycles. The fraction of sp³-hybridized carbons (Fsp3) is 0.273. The number of nitrogens with one attached hydrogen (secondary N) is 2. The van der Waals surface area contributed by atoms with Crippen LogP contribution in [0, 0.1) is 13.8 Å². The monoisotopic (exact) mass is 457 g/mol. The molecule has 1 aromatic carbocycles. The van der Waals surface area contributed by atoms with E-state index < -0.39 is 11.8 Å². The van der Waals surface area contributed by atoms with Gasteiger partial charge in [-0.15, -0.1) is 0 Å². The Hall–Kier alpha value is -3.59. The van der Waals surface area contributed by atoms with Gasteiger partial charge in [0.1, 0.15) is 0 Å². The van der Waals surface area contributed by atoms with Crippen molar-refractivity contribution in [2.45, 2.75) is 33.8 Å². The van der Waals surface area contributed by atoms with E-state index in [0.717, 1.165) is 11.4 Å². The molecule has 0 aliphatic rings. The van der Waals surface area contributed by atoms with Crippen LogP contribution in [0.1, 0.15) is 46.1 Å². The summed E-state index contributed by atoms with van der Waals surface area (Å²) in [6, 6.07) is 9.82. The first-order valence-corrected chi connectivity index (χ1v) is 10.2. The van der Waals surface area contributed by atoms with Gasteiger partial charge in [-0.3, -0.25) is 20.4 Å². The summed E-state index contributed by atoms with van der Waals surface area (Å²) in [5.74, 6) is 0.138. The highest BCUT2D eigenvalue weighted by Crippen LogP contribution is 2.29. The molecule has 0 spiro atoms. The van der Waals surface area contributed by atoms with Crippen LogP contribution in [0.5, 0.6) is 11.5 Å². The van der Waals surface area contributed by atoms with Crippen molar-refractivity contribution in [3.8, 4) is 17.3 Å². The molecular weight excluding hydrogens is 434 g/mol. The maximum atomic E-state index is 12.6. The van der Waals surface area contributed by atoms with Gasteiger partial charge in [-0.1, -0.05) is 11.6 Å². The van der Waals surface area contributed by atoms with Crippen LogP contribution in [-0.2, 0) is 0 Å². The van der Waals surface area contributed by atoms with Crippen LogP contribution in [0.3, 0.4) is 0 Å². The SMILES string of the molecule is COc1cc(C(=O)NNC(=O)c2nc(-n3nc(C)cc3C)ccc2Cl)ccc1OC(C)C. The number of hydrazine groups is 1. The number of hydrogen-bond acceptors (Lipinski definition) is 6. The van der Waals surface area contributed by atoms with E-state index in [-0.39, 0.29) is 22.4 Å². The highest BCUT2D eigenvalue weighted by molar-refractivity contribution is 6.33. The number of carbonyl (C=O) groups is 2. The van der Waals surface area contributed by atoms with Gasteiger partial charge in [0.25, 0.3) is 11.8 Å². The number of amides is 2. The Morgan fingerprint density at radius 3 is 2.38 bits per heavy atom. The number of methoxy groups -OCH3 is 1. The van der Waals surface area contributed by atoms with Crippen LogP contribution >= 0.6 is 11.6 Å². The Kier molecular flexibility index (Phi) is 6.99. The number of aryl methyl sites for hydroxylation is 2. The topological polar surface area (TPSA) is 107 Å². The average molecular weight is 458 g/mol. The standard InChI is InChI=1S/C22H24ClN5O4/c1-12(2)32-17-8-6-15(11-18(17)31-5)21(29)25-26-22(30)20-16(23)7-9-19(24-20)28-14(4)10-13(3)27-28/h6-12H,1-5H3,(H,25,29)(H,26,30). The quantitative estimate of drug-likeness (QED) is 0.549. The molecule has 0 aliphatic heterocycles. The third-order valence-corrected chi connectivity index (χ3v) is 4.66. The molecule has 0 saturated heterocycles. The third-order valence-electron chi connectivity index (χ3n) is 4.35. The molecule has 2 heterocycles. The smallest absolute Gasteiger partial charge is 0.289 e. The zero-order chi connectivity index (χ0) is 23.4. The lowest BCUT2D eigenvalue weighted by atomic mass is 10.2. The molecule has 2 amide bonds. The summed E-state index contributed by atoms with van der Waals surface area (Å²) in [4.78, 5) is 29.4. The molecule has 2 N–H and O–H groups in total. The van der Waals surface area contributed by atoms with Crippen molar-refractivity contribution >= 4 is 23.4 Å². The lowest BCUT2D eigenvalue weighted by Gasteiger charge is -2.14. The maximum absolute atomic E-state index is 12.6. The van der Waals surface area contributed by atoms with Gasteiger partial charge in [-0.05, 0) is 64.1 Å². The van der Waals surface area contributed by atoms with Crippen molar-refractivity contribution in [3.63, 3.8) is 0 Å². The van der Waals surface area contributed by atoms with E-state index in [4.69, 9.17) is 21.1 Å². The second-order valence-corrected chi connectivity index (χ2v) is 7.69. The van der Waals surface area contributed by atoms with Crippen molar-refractivity contribution < 1.29 is 19.1 Å². The maximum Gasteiger partial charge on any atom is 0.289 e. The van der Waals surface area contributed by atoms with Crippen LogP contribution in [0.25, 0.3) is 5.82 Å². The fourth-order valence-corrected chi connectivity index (χ4v) is 3.17. The Morgan fingerprint density at radius 1 is 1.03 bits per heavy atom. The van der Waals surface area contributed by atoms with Crippen LogP contribution in [-0.4, -0.2) is 39.8 Å². The Labute approximate surface area is 190 Å². The number of benzene rings is 1. The van der Waals surface area contributed by atoms with E-state index in [1.54, 1.807) is 28.9 Å². The first-order valence-electron chi connectivity index (χ1n) is 9.85. The summed E-state index contributed by atoms with van der Waals surface area (Å²) in [5.41, 5.74) is 6.59. The Balaban J connectivity index is 1.74. The van der Waals surface area contributed by atoms with E-state index in [2.05, 4.69) is 20.9 Å². The molecular formula is C22H24ClN5O4. The molecule has 0 radical (unpaired) electrons. The molecule has 0 fully saturated rings. The zero-order valence-electron chi connectivity index (χ0n) is 18.4. The predicted molar refractivity (Wildman–Crippen MR) is 120 cm³/mol. The van der Waals surface area contributed by atoms with E-state index in [0.29, 0.717) is 17.3 Å². The molecule has 3 aromatic rings. The molecule has 0 saturated carbocycles. The summed E-state index contributed by atoms with van der Waals surface area (Å²) in [6.45, 7) is 7.51. The lowest BCUT2D eigenvalue weighted by Crippen LogP contribution is -2.42. The predicted octanol–water partition coefficient (Wildman–Crippen LogP) is 3.41. The van der Waals surface area contributed by atoms with Crippen molar-refractivity contribution in [2.75, 3.05) is 7.11 Å². The molecule has 0 bridgehead atoms. The molecule has 10 heteroatoms. The normalized spacial score (nSPS) is 10.7. The number of nitrogens with zero attached hydrogens (tertiary/aromatic N) is 3.